The minimum absolute atomic E-state index is 0.206. The first kappa shape index (κ1) is 26.0. The number of nitrogens with zero attached hydrogens (tertiary/aromatic N) is 5. The molecule has 0 bridgehead atoms. The van der Waals surface area contributed by atoms with Crippen molar-refractivity contribution in [2.45, 2.75) is 51.7 Å². The summed E-state index contributed by atoms with van der Waals surface area (Å²) >= 11 is 0. The van der Waals surface area contributed by atoms with E-state index < -0.39 is 0 Å². The molecule has 1 saturated heterocycles. The lowest BCUT2D eigenvalue weighted by molar-refractivity contribution is 0.0974. The SMILES string of the molecule is CCC(CCN(C)Cc1ccc(O)cc1)N1CCN(c2ncc(C3=NCC=CN3)cc2O)CC1CC. The van der Waals surface area contributed by atoms with E-state index in [-0.39, 0.29) is 5.75 Å². The molecule has 0 saturated carbocycles. The van der Waals surface area contributed by atoms with E-state index in [0.29, 0.717) is 30.2 Å². The Bertz CT molecular complexity index is 1050. The van der Waals surface area contributed by atoms with Crippen molar-refractivity contribution in [2.24, 2.45) is 4.99 Å². The molecule has 1 aromatic carbocycles. The molecule has 8 heteroatoms. The Morgan fingerprint density at radius 2 is 1.97 bits per heavy atom. The molecule has 1 fully saturated rings. The van der Waals surface area contributed by atoms with E-state index in [9.17, 15) is 10.2 Å². The number of amidine groups is 1. The first-order valence-electron chi connectivity index (χ1n) is 13.1. The maximum Gasteiger partial charge on any atom is 0.171 e. The van der Waals surface area contributed by atoms with Crippen molar-refractivity contribution in [1.29, 1.82) is 0 Å². The normalized spacial score (nSPS) is 19.3. The Hall–Kier alpha value is -3.10. The fourth-order valence-corrected chi connectivity index (χ4v) is 5.25. The van der Waals surface area contributed by atoms with Crippen LogP contribution in [-0.2, 0) is 6.54 Å². The van der Waals surface area contributed by atoms with Gasteiger partial charge in [-0.2, -0.15) is 0 Å². The predicted molar refractivity (Wildman–Crippen MR) is 146 cm³/mol. The van der Waals surface area contributed by atoms with Crippen LogP contribution in [0.4, 0.5) is 5.82 Å². The van der Waals surface area contributed by atoms with Crippen LogP contribution in [0.5, 0.6) is 11.5 Å². The lowest BCUT2D eigenvalue weighted by Crippen LogP contribution is -2.57. The van der Waals surface area contributed by atoms with E-state index in [1.165, 1.54) is 5.56 Å². The number of aliphatic imine (C=N–C) groups is 1. The van der Waals surface area contributed by atoms with Crippen molar-refractivity contribution in [3.8, 4) is 11.5 Å². The largest absolute Gasteiger partial charge is 0.508 e. The Labute approximate surface area is 215 Å². The van der Waals surface area contributed by atoms with Crippen molar-refractivity contribution >= 4 is 11.7 Å². The molecule has 2 aromatic rings. The molecule has 2 atom stereocenters. The molecular weight excluding hydrogens is 452 g/mol. The Balaban J connectivity index is 1.35. The highest BCUT2D eigenvalue weighted by atomic mass is 16.3. The molecule has 3 heterocycles. The highest BCUT2D eigenvalue weighted by Crippen LogP contribution is 2.30. The van der Waals surface area contributed by atoms with Gasteiger partial charge < -0.3 is 25.3 Å². The molecule has 1 aromatic heterocycles. The van der Waals surface area contributed by atoms with Gasteiger partial charge in [-0.25, -0.2) is 4.98 Å². The highest BCUT2D eigenvalue weighted by molar-refractivity contribution is 6.00. The molecule has 2 unspecified atom stereocenters. The van der Waals surface area contributed by atoms with Gasteiger partial charge in [0.2, 0.25) is 0 Å². The summed E-state index contributed by atoms with van der Waals surface area (Å²) in [5.41, 5.74) is 2.01. The summed E-state index contributed by atoms with van der Waals surface area (Å²) in [6.07, 6.45) is 8.91. The molecule has 4 rings (SSSR count). The number of nitrogens with one attached hydrogen (secondary N) is 1. The van der Waals surface area contributed by atoms with E-state index >= 15 is 0 Å². The number of hydrogen-bond acceptors (Lipinski definition) is 8. The molecule has 36 heavy (non-hydrogen) atoms. The molecule has 2 aliphatic rings. The molecule has 2 aliphatic heterocycles. The highest BCUT2D eigenvalue weighted by Gasteiger charge is 2.31. The minimum atomic E-state index is 0.206. The maximum absolute atomic E-state index is 10.8. The third-order valence-corrected chi connectivity index (χ3v) is 7.29. The van der Waals surface area contributed by atoms with Crippen molar-refractivity contribution in [2.75, 3.05) is 44.7 Å². The van der Waals surface area contributed by atoms with E-state index in [2.05, 4.69) is 50.9 Å². The Morgan fingerprint density at radius 3 is 2.64 bits per heavy atom. The van der Waals surface area contributed by atoms with Gasteiger partial charge in [0.1, 0.15) is 11.6 Å². The first-order chi connectivity index (χ1) is 17.5. The second-order valence-electron chi connectivity index (χ2n) is 9.80. The quantitative estimate of drug-likeness (QED) is 0.467. The third-order valence-electron chi connectivity index (χ3n) is 7.29. The number of benzene rings is 1. The van der Waals surface area contributed by atoms with Crippen LogP contribution in [0, 0.1) is 0 Å². The van der Waals surface area contributed by atoms with Gasteiger partial charge in [0.25, 0.3) is 0 Å². The standard InChI is InChI=1S/C28H40N6O2/c1-4-23(11-14-32(3)19-21-7-9-25(35)10-8-21)34-16-15-33(20-24(34)5-2)28-26(36)17-22(18-31-28)27-29-12-6-13-30-27/h6-10,12,17-18,23-24,35-36H,4-5,11,13-16,19-20H2,1-3H3,(H,29,30). The van der Waals surface area contributed by atoms with Crippen molar-refractivity contribution in [3.05, 3.63) is 59.9 Å². The maximum atomic E-state index is 10.8. The summed E-state index contributed by atoms with van der Waals surface area (Å²) in [6, 6.07) is 10.2. The monoisotopic (exact) mass is 492 g/mol. The molecule has 0 radical (unpaired) electrons. The van der Waals surface area contributed by atoms with Crippen LogP contribution in [0.3, 0.4) is 0 Å². The van der Waals surface area contributed by atoms with Gasteiger partial charge >= 0.3 is 0 Å². The van der Waals surface area contributed by atoms with Gasteiger partial charge in [0.05, 0.1) is 6.54 Å². The topological polar surface area (TPSA) is 87.5 Å². The van der Waals surface area contributed by atoms with Crippen LogP contribution in [0.15, 0.2) is 53.8 Å². The summed E-state index contributed by atoms with van der Waals surface area (Å²) in [5.74, 6) is 1.91. The van der Waals surface area contributed by atoms with E-state index in [0.717, 1.165) is 63.4 Å². The molecule has 0 aliphatic carbocycles. The molecule has 3 N–H and O–H groups in total. The van der Waals surface area contributed by atoms with E-state index in [1.54, 1.807) is 24.4 Å². The summed E-state index contributed by atoms with van der Waals surface area (Å²) in [7, 11) is 2.16. The zero-order chi connectivity index (χ0) is 25.5. The third kappa shape index (κ3) is 6.36. The number of phenolic OH excluding ortho intramolecular Hbond substituents is 1. The Kier molecular flexibility index (Phi) is 8.83. The zero-order valence-corrected chi connectivity index (χ0v) is 21.8. The van der Waals surface area contributed by atoms with Crippen LogP contribution in [0.1, 0.15) is 44.2 Å². The predicted octanol–water partition coefficient (Wildman–Crippen LogP) is 3.56. The molecule has 0 spiro atoms. The lowest BCUT2D eigenvalue weighted by Gasteiger charge is -2.45. The Morgan fingerprint density at radius 1 is 1.17 bits per heavy atom. The smallest absolute Gasteiger partial charge is 0.171 e. The molecule has 8 nitrogen and oxygen atoms in total. The molecule has 194 valence electrons. The molecular formula is C28H40N6O2. The van der Waals surface area contributed by atoms with Crippen LogP contribution in [0.2, 0.25) is 0 Å². The summed E-state index contributed by atoms with van der Waals surface area (Å²) < 4.78 is 0. The summed E-state index contributed by atoms with van der Waals surface area (Å²) in [5, 5.41) is 23.4. The van der Waals surface area contributed by atoms with Gasteiger partial charge in [0.15, 0.2) is 11.6 Å². The lowest BCUT2D eigenvalue weighted by atomic mass is 10.0. The van der Waals surface area contributed by atoms with Crippen molar-refractivity contribution in [3.63, 3.8) is 0 Å². The van der Waals surface area contributed by atoms with Crippen molar-refractivity contribution in [1.82, 2.24) is 20.1 Å². The second-order valence-corrected chi connectivity index (χ2v) is 9.80. The van der Waals surface area contributed by atoms with Gasteiger partial charge in [-0.05, 0) is 62.7 Å². The van der Waals surface area contributed by atoms with Crippen LogP contribution in [0.25, 0.3) is 0 Å². The average molecular weight is 493 g/mol. The second kappa shape index (κ2) is 12.2. The fourth-order valence-electron chi connectivity index (χ4n) is 5.25. The number of phenols is 1. The van der Waals surface area contributed by atoms with Crippen LogP contribution in [-0.4, -0.2) is 82.7 Å². The van der Waals surface area contributed by atoms with Crippen molar-refractivity contribution < 1.29 is 10.2 Å². The van der Waals surface area contributed by atoms with E-state index in [4.69, 9.17) is 0 Å². The number of hydrogen-bond donors (Lipinski definition) is 3. The molecule has 0 amide bonds. The number of pyridine rings is 1. The number of rotatable bonds is 10. The number of anilines is 1. The van der Waals surface area contributed by atoms with Crippen LogP contribution >= 0.6 is 0 Å². The zero-order valence-electron chi connectivity index (χ0n) is 21.8. The first-order valence-corrected chi connectivity index (χ1v) is 13.1. The summed E-state index contributed by atoms with van der Waals surface area (Å²) in [6.45, 7) is 9.73. The van der Waals surface area contributed by atoms with Gasteiger partial charge in [-0.3, -0.25) is 9.89 Å². The van der Waals surface area contributed by atoms with Crippen LogP contribution < -0.4 is 10.2 Å². The number of piperazine rings is 1. The summed E-state index contributed by atoms with van der Waals surface area (Å²) in [4.78, 5) is 16.3. The van der Waals surface area contributed by atoms with E-state index in [1.807, 2.05) is 24.4 Å². The minimum Gasteiger partial charge on any atom is -0.508 e. The number of aromatic nitrogens is 1. The number of aromatic hydroxyl groups is 2. The van der Waals surface area contributed by atoms with Gasteiger partial charge in [-0.15, -0.1) is 0 Å². The fraction of sp³-hybridized carbons (Fsp3) is 0.500. The van der Waals surface area contributed by atoms with Gasteiger partial charge in [-0.1, -0.05) is 26.0 Å². The van der Waals surface area contributed by atoms with Gasteiger partial charge in [0, 0.05) is 56.2 Å². The average Bonchev–Trinajstić information content (AvgIpc) is 2.91.